The smallest absolute Gasteiger partial charge is 0.222 e. The van der Waals surface area contributed by atoms with Crippen molar-refractivity contribution in [2.45, 2.75) is 19.3 Å². The summed E-state index contributed by atoms with van der Waals surface area (Å²) < 4.78 is 0. The first-order chi connectivity index (χ1) is 6.90. The first-order valence-corrected chi connectivity index (χ1v) is 5.17. The van der Waals surface area contributed by atoms with E-state index in [2.05, 4.69) is 20.6 Å². The number of nitrogens with zero attached hydrogens (tertiary/aromatic N) is 2. The van der Waals surface area contributed by atoms with E-state index in [1.165, 1.54) is 6.42 Å². The van der Waals surface area contributed by atoms with E-state index in [1.54, 1.807) is 0 Å². The number of halogens is 2. The van der Waals surface area contributed by atoms with Crippen LogP contribution >= 0.6 is 24.8 Å². The van der Waals surface area contributed by atoms with Crippen LogP contribution < -0.4 is 10.6 Å². The van der Waals surface area contributed by atoms with Crippen LogP contribution in [0.3, 0.4) is 0 Å². The molecular weight excluding hydrogens is 247 g/mol. The minimum atomic E-state index is 0. The quantitative estimate of drug-likeness (QED) is 0.875. The molecule has 2 rings (SSSR count). The van der Waals surface area contributed by atoms with Gasteiger partial charge in [0.15, 0.2) is 0 Å². The zero-order chi connectivity index (χ0) is 9.80. The molecule has 1 unspecified atom stereocenters. The van der Waals surface area contributed by atoms with Crippen molar-refractivity contribution in [2.75, 3.05) is 25.0 Å². The molecule has 4 nitrogen and oxygen atoms in total. The number of anilines is 1. The fourth-order valence-corrected chi connectivity index (χ4v) is 1.75. The molecule has 2 heterocycles. The molecule has 92 valence electrons. The predicted octanol–water partition coefficient (Wildman–Crippen LogP) is 1.83. The van der Waals surface area contributed by atoms with Crippen LogP contribution in [0.2, 0.25) is 0 Å². The number of rotatable bonds is 3. The second-order valence-electron chi connectivity index (χ2n) is 3.53. The van der Waals surface area contributed by atoms with Crippen molar-refractivity contribution in [3.8, 4) is 0 Å². The van der Waals surface area contributed by atoms with Crippen molar-refractivity contribution in [3.05, 3.63) is 18.0 Å². The summed E-state index contributed by atoms with van der Waals surface area (Å²) in [6.07, 6.45) is 3.02. The van der Waals surface area contributed by atoms with Gasteiger partial charge in [-0.1, -0.05) is 0 Å². The molecule has 1 saturated heterocycles. The molecule has 0 radical (unpaired) electrons. The Morgan fingerprint density at radius 2 is 2.31 bits per heavy atom. The molecule has 1 aromatic rings. The molecule has 1 atom stereocenters. The molecule has 0 spiro atoms. The van der Waals surface area contributed by atoms with Crippen LogP contribution in [-0.4, -0.2) is 29.6 Å². The summed E-state index contributed by atoms with van der Waals surface area (Å²) in [7, 11) is 0. The summed E-state index contributed by atoms with van der Waals surface area (Å²) >= 11 is 0. The Hall–Kier alpha value is -0.580. The van der Waals surface area contributed by atoms with E-state index in [4.69, 9.17) is 0 Å². The summed E-state index contributed by atoms with van der Waals surface area (Å²) in [4.78, 5) is 8.64. The largest absolute Gasteiger partial charge is 0.354 e. The summed E-state index contributed by atoms with van der Waals surface area (Å²) in [6, 6.07) is 2.01. The Kier molecular flexibility index (Phi) is 7.38. The van der Waals surface area contributed by atoms with Crippen LogP contribution in [0.15, 0.2) is 12.3 Å². The van der Waals surface area contributed by atoms with Gasteiger partial charge in [-0.05, 0) is 26.0 Å². The van der Waals surface area contributed by atoms with Crippen molar-refractivity contribution >= 4 is 30.8 Å². The van der Waals surface area contributed by atoms with Crippen LogP contribution in [0, 0.1) is 0 Å². The molecule has 2 N–H and O–H groups in total. The molecule has 1 fully saturated rings. The number of hydrogen-bond donors (Lipinski definition) is 2. The summed E-state index contributed by atoms with van der Waals surface area (Å²) in [5, 5.41) is 6.47. The monoisotopic (exact) mass is 264 g/mol. The third kappa shape index (κ3) is 3.77. The molecule has 0 saturated carbocycles. The number of aromatic nitrogens is 2. The van der Waals surface area contributed by atoms with E-state index in [0.717, 1.165) is 31.3 Å². The maximum absolute atomic E-state index is 4.48. The van der Waals surface area contributed by atoms with Gasteiger partial charge in [0.2, 0.25) is 5.95 Å². The predicted molar refractivity (Wildman–Crippen MR) is 70.9 cm³/mol. The lowest BCUT2D eigenvalue weighted by Gasteiger charge is -2.08. The highest BCUT2D eigenvalue weighted by molar-refractivity contribution is 5.85. The standard InChI is InChI=1S/C10H16N4.2ClH/c1-2-12-10-13-6-4-9(14-10)8-3-5-11-7-8;;/h4,6,8,11H,2-3,5,7H2,1H3,(H,12,13,14);2*1H. The zero-order valence-electron chi connectivity index (χ0n) is 9.27. The SMILES string of the molecule is CCNc1nccc(C2CCNC2)n1.Cl.Cl. The Balaban J connectivity index is 0.00000112. The van der Waals surface area contributed by atoms with Gasteiger partial charge in [0.25, 0.3) is 0 Å². The molecule has 1 aliphatic heterocycles. The second kappa shape index (κ2) is 7.65. The van der Waals surface area contributed by atoms with Crippen LogP contribution in [0.1, 0.15) is 25.0 Å². The maximum atomic E-state index is 4.48. The van der Waals surface area contributed by atoms with E-state index >= 15 is 0 Å². The molecule has 0 amide bonds. The lowest BCUT2D eigenvalue weighted by atomic mass is 10.1. The Morgan fingerprint density at radius 1 is 1.50 bits per heavy atom. The van der Waals surface area contributed by atoms with Gasteiger partial charge in [-0.25, -0.2) is 9.97 Å². The van der Waals surface area contributed by atoms with Gasteiger partial charge in [0.1, 0.15) is 0 Å². The highest BCUT2D eigenvalue weighted by atomic mass is 35.5. The molecule has 6 heteroatoms. The van der Waals surface area contributed by atoms with Gasteiger partial charge in [0, 0.05) is 25.2 Å². The average molecular weight is 265 g/mol. The molecule has 16 heavy (non-hydrogen) atoms. The van der Waals surface area contributed by atoms with Gasteiger partial charge >= 0.3 is 0 Å². The highest BCUT2D eigenvalue weighted by Gasteiger charge is 2.17. The molecule has 0 aromatic carbocycles. The van der Waals surface area contributed by atoms with Crippen molar-refractivity contribution in [1.29, 1.82) is 0 Å². The van der Waals surface area contributed by atoms with Crippen molar-refractivity contribution in [3.63, 3.8) is 0 Å². The first-order valence-electron chi connectivity index (χ1n) is 5.17. The third-order valence-electron chi connectivity index (χ3n) is 2.49. The Bertz CT molecular complexity index is 303. The van der Waals surface area contributed by atoms with Crippen LogP contribution in [0.5, 0.6) is 0 Å². The van der Waals surface area contributed by atoms with E-state index in [0.29, 0.717) is 5.92 Å². The minimum Gasteiger partial charge on any atom is -0.354 e. The molecule has 0 aliphatic carbocycles. The molecule has 1 aliphatic rings. The van der Waals surface area contributed by atoms with E-state index in [-0.39, 0.29) is 24.8 Å². The Labute approximate surface area is 108 Å². The minimum absolute atomic E-state index is 0. The lowest BCUT2D eigenvalue weighted by Crippen LogP contribution is -2.10. The third-order valence-corrected chi connectivity index (χ3v) is 2.49. The van der Waals surface area contributed by atoms with Gasteiger partial charge < -0.3 is 10.6 Å². The van der Waals surface area contributed by atoms with Gasteiger partial charge in [0.05, 0.1) is 5.69 Å². The van der Waals surface area contributed by atoms with Crippen molar-refractivity contribution in [1.82, 2.24) is 15.3 Å². The van der Waals surface area contributed by atoms with E-state index in [1.807, 2.05) is 19.2 Å². The Morgan fingerprint density at radius 3 is 2.94 bits per heavy atom. The summed E-state index contributed by atoms with van der Waals surface area (Å²) in [5.41, 5.74) is 1.15. The highest BCUT2D eigenvalue weighted by Crippen LogP contribution is 2.20. The zero-order valence-corrected chi connectivity index (χ0v) is 10.9. The molecule has 0 bridgehead atoms. The number of nitrogens with one attached hydrogen (secondary N) is 2. The van der Waals surface area contributed by atoms with Crippen molar-refractivity contribution in [2.24, 2.45) is 0 Å². The second-order valence-corrected chi connectivity index (χ2v) is 3.53. The average Bonchev–Trinajstić information content (AvgIpc) is 2.71. The maximum Gasteiger partial charge on any atom is 0.222 e. The van der Waals surface area contributed by atoms with Gasteiger partial charge in [-0.2, -0.15) is 0 Å². The summed E-state index contributed by atoms with van der Waals surface area (Å²) in [5.74, 6) is 1.31. The van der Waals surface area contributed by atoms with Crippen LogP contribution in [0.4, 0.5) is 5.95 Å². The topological polar surface area (TPSA) is 49.8 Å². The first kappa shape index (κ1) is 15.4. The fourth-order valence-electron chi connectivity index (χ4n) is 1.75. The normalized spacial score (nSPS) is 18.4. The molecule has 1 aromatic heterocycles. The van der Waals surface area contributed by atoms with E-state index in [9.17, 15) is 0 Å². The lowest BCUT2D eigenvalue weighted by molar-refractivity contribution is 0.731. The van der Waals surface area contributed by atoms with Gasteiger partial charge in [-0.15, -0.1) is 24.8 Å². The van der Waals surface area contributed by atoms with Crippen LogP contribution in [-0.2, 0) is 0 Å². The number of hydrogen-bond acceptors (Lipinski definition) is 4. The van der Waals surface area contributed by atoms with Crippen molar-refractivity contribution < 1.29 is 0 Å². The summed E-state index contributed by atoms with van der Waals surface area (Å²) in [6.45, 7) is 5.06. The van der Waals surface area contributed by atoms with Crippen LogP contribution in [0.25, 0.3) is 0 Å². The molecular formula is C10H18Cl2N4. The fraction of sp³-hybridized carbons (Fsp3) is 0.600. The van der Waals surface area contributed by atoms with Gasteiger partial charge in [-0.3, -0.25) is 0 Å². The van der Waals surface area contributed by atoms with E-state index < -0.39 is 0 Å².